The van der Waals surface area contributed by atoms with Crippen LogP contribution in [0.25, 0.3) is 33.1 Å². The molecule has 3 saturated heterocycles. The molecule has 0 aliphatic carbocycles. The molecule has 5 heterocycles. The molecule has 0 radical (unpaired) electrons. The number of aliphatic hydroxyl groups excluding tert-OH is 1. The zero-order valence-corrected chi connectivity index (χ0v) is 29.8. The van der Waals surface area contributed by atoms with Crippen molar-refractivity contribution in [2.24, 2.45) is 5.92 Å². The van der Waals surface area contributed by atoms with Crippen molar-refractivity contribution in [3.63, 3.8) is 0 Å². The molecule has 12 heteroatoms. The van der Waals surface area contributed by atoms with E-state index in [0.29, 0.717) is 59.6 Å². The first-order chi connectivity index (χ1) is 26.3. The van der Waals surface area contributed by atoms with Crippen molar-refractivity contribution in [1.82, 2.24) is 19.8 Å². The SMILES string of the molecule is O=C(Nc1cc(CCCn2c(=O)oc3cc(CNCC(O)c4ccc(O)c5[nH]c(=O)ccc45)ccc32)ccc1-c1ccccc1)O[C@H]1CN2CCC1CC2. The van der Waals surface area contributed by atoms with Gasteiger partial charge in [-0.2, -0.15) is 0 Å². The van der Waals surface area contributed by atoms with Gasteiger partial charge in [0.25, 0.3) is 0 Å². The molecular formula is C42H43N5O7. The molecule has 0 spiro atoms. The van der Waals surface area contributed by atoms with Gasteiger partial charge in [-0.15, -0.1) is 0 Å². The average Bonchev–Trinajstić information content (AvgIpc) is 3.49. The second-order valence-corrected chi connectivity index (χ2v) is 14.3. The van der Waals surface area contributed by atoms with Gasteiger partial charge >= 0.3 is 11.8 Å². The van der Waals surface area contributed by atoms with Gasteiger partial charge < -0.3 is 29.7 Å². The highest BCUT2D eigenvalue weighted by molar-refractivity contribution is 5.92. The number of amides is 1. The Labute approximate surface area is 311 Å². The summed E-state index contributed by atoms with van der Waals surface area (Å²) in [6.07, 6.45) is 2.05. The Morgan fingerprint density at radius 1 is 0.963 bits per heavy atom. The number of aromatic amines is 1. The van der Waals surface area contributed by atoms with E-state index in [1.165, 1.54) is 12.1 Å². The molecule has 6 aromatic rings. The summed E-state index contributed by atoms with van der Waals surface area (Å²) in [6, 6.07) is 27.7. The van der Waals surface area contributed by atoms with E-state index in [1.807, 2.05) is 60.7 Å². The number of piperidine rings is 3. The molecule has 3 aliphatic rings. The zero-order chi connectivity index (χ0) is 37.2. The van der Waals surface area contributed by atoms with Crippen LogP contribution in [-0.4, -0.2) is 63.0 Å². The molecule has 3 aliphatic heterocycles. The van der Waals surface area contributed by atoms with Crippen LogP contribution >= 0.6 is 0 Å². The topological polar surface area (TPSA) is 162 Å². The monoisotopic (exact) mass is 729 g/mol. The lowest BCUT2D eigenvalue weighted by molar-refractivity contribution is -0.0289. The summed E-state index contributed by atoms with van der Waals surface area (Å²) in [7, 11) is 0. The summed E-state index contributed by atoms with van der Waals surface area (Å²) in [4.78, 5) is 42.8. The molecule has 1 amide bonds. The van der Waals surface area contributed by atoms with Gasteiger partial charge in [0.15, 0.2) is 5.58 Å². The molecule has 2 atom stereocenters. The van der Waals surface area contributed by atoms with Gasteiger partial charge in [-0.1, -0.05) is 54.6 Å². The number of aliphatic hydroxyl groups is 1. The smallest absolute Gasteiger partial charge is 0.419 e. The highest BCUT2D eigenvalue weighted by Gasteiger charge is 2.36. The molecule has 278 valence electrons. The molecule has 3 fully saturated rings. The number of aromatic nitrogens is 2. The fraction of sp³-hybridized carbons (Fsp3) is 0.310. The number of H-pyrrole nitrogens is 1. The Morgan fingerprint density at radius 2 is 1.78 bits per heavy atom. The molecule has 4 aromatic carbocycles. The predicted octanol–water partition coefficient (Wildman–Crippen LogP) is 5.91. The number of nitrogens with one attached hydrogen (secondary N) is 3. The lowest BCUT2D eigenvalue weighted by atomic mass is 9.86. The third kappa shape index (κ3) is 7.54. The van der Waals surface area contributed by atoms with Crippen molar-refractivity contribution in [1.29, 1.82) is 0 Å². The Hall–Kier alpha value is -5.69. The maximum atomic E-state index is 13.2. The van der Waals surface area contributed by atoms with Crippen LogP contribution in [0.5, 0.6) is 5.75 Å². The number of fused-ring (bicyclic) bond motifs is 5. The first-order valence-corrected chi connectivity index (χ1v) is 18.5. The fourth-order valence-corrected chi connectivity index (χ4v) is 7.93. The van der Waals surface area contributed by atoms with E-state index in [2.05, 4.69) is 26.6 Å². The summed E-state index contributed by atoms with van der Waals surface area (Å²) in [5, 5.41) is 27.9. The van der Waals surface area contributed by atoms with E-state index in [1.54, 1.807) is 16.7 Å². The van der Waals surface area contributed by atoms with E-state index in [0.717, 1.165) is 54.7 Å². The van der Waals surface area contributed by atoms with Crippen molar-refractivity contribution in [2.75, 3.05) is 31.5 Å². The normalized spacial score (nSPS) is 18.6. The molecule has 12 nitrogen and oxygen atoms in total. The van der Waals surface area contributed by atoms with Crippen molar-refractivity contribution in [2.45, 2.75) is 51.0 Å². The number of carbonyl (C=O) groups is 1. The van der Waals surface area contributed by atoms with Gasteiger partial charge in [-0.3, -0.25) is 19.6 Å². The van der Waals surface area contributed by atoms with Crippen LogP contribution < -0.4 is 21.9 Å². The summed E-state index contributed by atoms with van der Waals surface area (Å²) < 4.78 is 13.2. The Morgan fingerprint density at radius 3 is 2.57 bits per heavy atom. The number of nitrogens with zero attached hydrogens (tertiary/aromatic N) is 2. The number of oxazole rings is 1. The highest BCUT2D eigenvalue weighted by Crippen LogP contribution is 2.33. The number of benzene rings is 4. The van der Waals surface area contributed by atoms with Crippen molar-refractivity contribution in [3.05, 3.63) is 129 Å². The number of rotatable bonds is 12. The number of anilines is 1. The van der Waals surface area contributed by atoms with Crippen LogP contribution in [0.3, 0.4) is 0 Å². The molecule has 5 N–H and O–H groups in total. The number of phenols is 1. The van der Waals surface area contributed by atoms with Crippen molar-refractivity contribution in [3.8, 4) is 16.9 Å². The number of aryl methyl sites for hydroxylation is 2. The van der Waals surface area contributed by atoms with E-state index in [9.17, 15) is 24.6 Å². The van der Waals surface area contributed by atoms with Crippen LogP contribution in [0, 0.1) is 5.92 Å². The lowest BCUT2D eigenvalue weighted by Crippen LogP contribution is -2.52. The Balaban J connectivity index is 0.901. The van der Waals surface area contributed by atoms with Crippen LogP contribution in [0.15, 0.2) is 105 Å². The lowest BCUT2D eigenvalue weighted by Gasteiger charge is -2.43. The standard InChI is InChI=1S/C42H43N5O7/c48-35-14-11-31(32-12-15-39(50)45-40(32)35)36(49)24-43-23-27-9-13-34-37(22-27)54-42(52)47(34)18-4-5-26-8-10-30(28-6-2-1-3-7-28)33(21-26)44-41(51)53-38-25-46-19-16-29(38)17-20-46/h1-3,6-15,21-22,29,36,38,43,48-49H,4-5,16-20,23-25H2,(H,44,51)(H,45,50)/t36?,38-/m0/s1. The summed E-state index contributed by atoms with van der Waals surface area (Å²) in [5.74, 6) is -0.0781. The van der Waals surface area contributed by atoms with Gasteiger partial charge in [-0.25, -0.2) is 9.59 Å². The largest absolute Gasteiger partial charge is 0.506 e. The quantitative estimate of drug-likeness (QED) is 0.103. The number of pyridine rings is 1. The van der Waals surface area contributed by atoms with Gasteiger partial charge in [0.05, 0.1) is 22.8 Å². The van der Waals surface area contributed by atoms with E-state index in [-0.39, 0.29) is 29.5 Å². The van der Waals surface area contributed by atoms with E-state index < -0.39 is 18.0 Å². The molecule has 0 saturated carbocycles. The van der Waals surface area contributed by atoms with Gasteiger partial charge in [0.2, 0.25) is 5.56 Å². The fourth-order valence-electron chi connectivity index (χ4n) is 7.93. The van der Waals surface area contributed by atoms with Crippen molar-refractivity contribution < 1.29 is 24.2 Å². The first kappa shape index (κ1) is 35.3. The van der Waals surface area contributed by atoms with Crippen LogP contribution in [0.4, 0.5) is 10.5 Å². The van der Waals surface area contributed by atoms with Gasteiger partial charge in [-0.05, 0) is 97.3 Å². The van der Waals surface area contributed by atoms with E-state index in [4.69, 9.17) is 9.15 Å². The predicted molar refractivity (Wildman–Crippen MR) is 207 cm³/mol. The first-order valence-electron chi connectivity index (χ1n) is 18.5. The molecule has 1 unspecified atom stereocenters. The summed E-state index contributed by atoms with van der Waals surface area (Å²) >= 11 is 0. The number of carbonyl (C=O) groups excluding carboxylic acids is 1. The average molecular weight is 730 g/mol. The van der Waals surface area contributed by atoms with E-state index >= 15 is 0 Å². The Bertz CT molecular complexity index is 2410. The maximum absolute atomic E-state index is 13.2. The zero-order valence-electron chi connectivity index (χ0n) is 29.8. The molecule has 54 heavy (non-hydrogen) atoms. The number of hydrogen-bond donors (Lipinski definition) is 5. The van der Waals surface area contributed by atoms with Gasteiger partial charge in [0.1, 0.15) is 11.9 Å². The molecule has 2 aromatic heterocycles. The third-order valence-electron chi connectivity index (χ3n) is 10.8. The maximum Gasteiger partial charge on any atom is 0.419 e. The number of hydrogen-bond acceptors (Lipinski definition) is 9. The molecule has 9 rings (SSSR count). The third-order valence-corrected chi connectivity index (χ3v) is 10.8. The second kappa shape index (κ2) is 15.3. The Kier molecular flexibility index (Phi) is 10.0. The van der Waals surface area contributed by atoms with Crippen LogP contribution in [0.1, 0.15) is 42.1 Å². The van der Waals surface area contributed by atoms with Crippen molar-refractivity contribution >= 4 is 33.8 Å². The number of ether oxygens (including phenoxy) is 1. The molecule has 2 bridgehead atoms. The van der Waals surface area contributed by atoms with Crippen LogP contribution in [0.2, 0.25) is 0 Å². The second-order valence-electron chi connectivity index (χ2n) is 14.3. The highest BCUT2D eigenvalue weighted by atomic mass is 16.6. The molecular weight excluding hydrogens is 686 g/mol. The summed E-state index contributed by atoms with van der Waals surface area (Å²) in [5.41, 5.74) is 6.20. The number of aromatic hydroxyl groups is 1. The van der Waals surface area contributed by atoms with Crippen LogP contribution in [-0.2, 0) is 24.2 Å². The minimum absolute atomic E-state index is 0.0641. The summed E-state index contributed by atoms with van der Waals surface area (Å²) in [6.45, 7) is 4.02. The minimum Gasteiger partial charge on any atom is -0.506 e. The van der Waals surface area contributed by atoms with Gasteiger partial charge in [0, 0.05) is 43.2 Å². The minimum atomic E-state index is -0.896. The number of phenolic OH excluding ortho intramolecular Hbond substituents is 1.